The largest absolute Gasteiger partial charge is 0.462 e. The minimum absolute atomic E-state index is 0.0224. The second-order valence-corrected chi connectivity index (χ2v) is 11.7. The predicted octanol–water partition coefficient (Wildman–Crippen LogP) is 7.96. The molecule has 2 aliphatic rings. The van der Waals surface area contributed by atoms with Crippen molar-refractivity contribution >= 4 is 29.2 Å². The fourth-order valence-electron chi connectivity index (χ4n) is 6.41. The van der Waals surface area contributed by atoms with E-state index in [-0.39, 0.29) is 18.4 Å². The Morgan fingerprint density at radius 3 is 2.10 bits per heavy atom. The molecule has 42 heavy (non-hydrogen) atoms. The van der Waals surface area contributed by atoms with E-state index in [0.717, 1.165) is 50.0 Å². The summed E-state index contributed by atoms with van der Waals surface area (Å²) in [6, 6.07) is 28.1. The summed E-state index contributed by atoms with van der Waals surface area (Å²) in [6.45, 7) is 5.43. The zero-order chi connectivity index (χ0) is 29.5. The summed E-state index contributed by atoms with van der Waals surface area (Å²) >= 11 is 6.44. The highest BCUT2D eigenvalue weighted by Crippen LogP contribution is 2.41. The Bertz CT molecular complexity index is 1400. The number of benzene rings is 3. The van der Waals surface area contributed by atoms with Gasteiger partial charge in [-0.1, -0.05) is 97.2 Å². The summed E-state index contributed by atoms with van der Waals surface area (Å²) < 4.78 is 6.01. The van der Waals surface area contributed by atoms with Crippen molar-refractivity contribution in [1.29, 1.82) is 0 Å². The van der Waals surface area contributed by atoms with Crippen molar-refractivity contribution in [2.24, 2.45) is 10.9 Å². The van der Waals surface area contributed by atoms with Gasteiger partial charge in [0.2, 0.25) is 5.91 Å². The van der Waals surface area contributed by atoms with Crippen molar-refractivity contribution < 1.29 is 14.3 Å². The number of allylic oxidation sites excluding steroid dienone is 1. The Morgan fingerprint density at radius 1 is 0.881 bits per heavy atom. The lowest BCUT2D eigenvalue weighted by molar-refractivity contribution is -0.140. The van der Waals surface area contributed by atoms with E-state index in [4.69, 9.17) is 21.3 Å². The first-order valence-electron chi connectivity index (χ1n) is 15.0. The van der Waals surface area contributed by atoms with Gasteiger partial charge in [-0.15, -0.1) is 0 Å². The van der Waals surface area contributed by atoms with Crippen LogP contribution < -0.4 is 0 Å². The van der Waals surface area contributed by atoms with Gasteiger partial charge < -0.3 is 9.64 Å². The van der Waals surface area contributed by atoms with Gasteiger partial charge in [0.1, 0.15) is 0 Å². The average Bonchev–Trinajstić information content (AvgIpc) is 3.29. The van der Waals surface area contributed by atoms with E-state index < -0.39 is 17.8 Å². The fraction of sp³-hybridized carbons (Fsp3) is 0.361. The lowest BCUT2D eigenvalue weighted by Gasteiger charge is -2.35. The first kappa shape index (κ1) is 29.8. The van der Waals surface area contributed by atoms with E-state index in [1.54, 1.807) is 0 Å². The minimum Gasteiger partial charge on any atom is -0.462 e. The van der Waals surface area contributed by atoms with E-state index in [1.807, 2.05) is 79.4 Å². The normalized spacial score (nSPS) is 19.3. The van der Waals surface area contributed by atoms with Crippen molar-refractivity contribution in [1.82, 2.24) is 4.90 Å². The number of hydrogen-bond donors (Lipinski definition) is 0. The molecule has 3 aromatic rings. The van der Waals surface area contributed by atoms with Gasteiger partial charge in [-0.2, -0.15) is 0 Å². The Labute approximate surface area is 254 Å². The third kappa shape index (κ3) is 6.84. The van der Waals surface area contributed by atoms with Crippen molar-refractivity contribution in [3.63, 3.8) is 0 Å². The first-order chi connectivity index (χ1) is 20.4. The summed E-state index contributed by atoms with van der Waals surface area (Å²) in [7, 11) is 0. The number of carbonyl (C=O) groups excluding carboxylic acids is 2. The number of carbonyl (C=O) groups is 2. The molecule has 3 aromatic carbocycles. The van der Waals surface area contributed by atoms with Crippen LogP contribution in [-0.2, 0) is 14.3 Å². The highest BCUT2D eigenvalue weighted by molar-refractivity contribution is 6.30. The van der Waals surface area contributed by atoms with E-state index in [1.165, 1.54) is 11.1 Å². The quantitative estimate of drug-likeness (QED) is 0.253. The van der Waals surface area contributed by atoms with Crippen LogP contribution in [0.1, 0.15) is 74.5 Å². The zero-order valence-corrected chi connectivity index (χ0v) is 25.2. The third-order valence-electron chi connectivity index (χ3n) is 8.48. The van der Waals surface area contributed by atoms with Gasteiger partial charge in [-0.25, -0.2) is 4.79 Å². The van der Waals surface area contributed by atoms with Crippen molar-refractivity contribution in [3.8, 4) is 0 Å². The van der Waals surface area contributed by atoms with Crippen LogP contribution in [0.25, 0.3) is 0 Å². The number of halogens is 1. The molecular formula is C36H39ClN2O3. The summed E-state index contributed by atoms with van der Waals surface area (Å²) in [5.41, 5.74) is 4.91. The van der Waals surface area contributed by atoms with Crippen LogP contribution in [0, 0.1) is 5.92 Å². The third-order valence-corrected chi connectivity index (χ3v) is 8.72. The molecule has 0 radical (unpaired) electrons. The van der Waals surface area contributed by atoms with E-state index in [2.05, 4.69) is 24.3 Å². The Kier molecular flexibility index (Phi) is 9.91. The van der Waals surface area contributed by atoms with Crippen molar-refractivity contribution in [2.75, 3.05) is 19.7 Å². The lowest BCUT2D eigenvalue weighted by atomic mass is 9.75. The summed E-state index contributed by atoms with van der Waals surface area (Å²) in [5.74, 6) is -1.43. The molecule has 2 heterocycles. The standard InChI is InChI=1S/C36H39ClN2O3/c1-25-32(35(40)39-21-11-3-4-12-22-39)34(29-18-13-19-30(37)24-29)33(26(2)38-25)36(41)42-23-20-31(27-14-7-5-8-15-27)28-16-9-6-10-17-28/h5-10,13-19,24,31-32,34H,3-4,11-12,20-23H2,1-2H3. The summed E-state index contributed by atoms with van der Waals surface area (Å²) in [5, 5.41) is 0.563. The smallest absolute Gasteiger partial charge is 0.336 e. The molecule has 2 atom stereocenters. The average molecular weight is 583 g/mol. The Morgan fingerprint density at radius 2 is 1.50 bits per heavy atom. The molecule has 5 rings (SSSR count). The van der Waals surface area contributed by atoms with Gasteiger partial charge in [0.05, 0.1) is 18.1 Å². The van der Waals surface area contributed by atoms with E-state index >= 15 is 0 Å². The monoisotopic (exact) mass is 582 g/mol. The second kappa shape index (κ2) is 14.0. The summed E-state index contributed by atoms with van der Waals surface area (Å²) in [4.78, 5) is 34.8. The molecule has 218 valence electrons. The van der Waals surface area contributed by atoms with Gasteiger partial charge in [-0.05, 0) is 61.9 Å². The number of hydrogen-bond acceptors (Lipinski definition) is 4. The Hall–Kier alpha value is -3.70. The van der Waals surface area contributed by atoms with Crippen LogP contribution in [-0.4, -0.2) is 42.2 Å². The van der Waals surface area contributed by atoms with Gasteiger partial charge in [0.15, 0.2) is 0 Å². The highest BCUT2D eigenvalue weighted by Gasteiger charge is 2.43. The molecule has 5 nitrogen and oxygen atoms in total. The first-order valence-corrected chi connectivity index (χ1v) is 15.4. The van der Waals surface area contributed by atoms with Gasteiger partial charge in [0, 0.05) is 41.4 Å². The number of nitrogens with zero attached hydrogens (tertiary/aromatic N) is 2. The van der Waals surface area contributed by atoms with Crippen LogP contribution >= 0.6 is 11.6 Å². The summed E-state index contributed by atoms with van der Waals surface area (Å²) in [6.07, 6.45) is 4.87. The van der Waals surface area contributed by atoms with Crippen LogP contribution in [0.4, 0.5) is 0 Å². The molecule has 1 fully saturated rings. The number of likely N-dealkylation sites (tertiary alicyclic amines) is 1. The number of esters is 1. The van der Waals surface area contributed by atoms with Crippen molar-refractivity contribution in [3.05, 3.63) is 118 Å². The number of amides is 1. The van der Waals surface area contributed by atoms with E-state index in [0.29, 0.717) is 22.7 Å². The molecule has 2 unspecified atom stereocenters. The molecule has 6 heteroatoms. The molecule has 0 aromatic heterocycles. The number of ether oxygens (including phenoxy) is 1. The molecule has 0 spiro atoms. The minimum atomic E-state index is -0.589. The van der Waals surface area contributed by atoms with Crippen LogP contribution in [0.3, 0.4) is 0 Å². The fourth-order valence-corrected chi connectivity index (χ4v) is 6.61. The van der Waals surface area contributed by atoms with Gasteiger partial charge in [0.25, 0.3) is 0 Å². The molecule has 0 saturated carbocycles. The lowest BCUT2D eigenvalue weighted by Crippen LogP contribution is -2.44. The second-order valence-electron chi connectivity index (χ2n) is 11.3. The molecular weight excluding hydrogens is 544 g/mol. The van der Waals surface area contributed by atoms with Crippen LogP contribution in [0.5, 0.6) is 0 Å². The molecule has 0 N–H and O–H groups in total. The molecule has 0 aliphatic carbocycles. The maximum Gasteiger partial charge on any atom is 0.336 e. The molecule has 1 saturated heterocycles. The number of rotatable bonds is 8. The highest BCUT2D eigenvalue weighted by atomic mass is 35.5. The van der Waals surface area contributed by atoms with Crippen LogP contribution in [0.2, 0.25) is 5.02 Å². The Balaban J connectivity index is 1.42. The maximum atomic E-state index is 14.1. The number of aliphatic imine (C=N–C) groups is 1. The molecule has 1 amide bonds. The predicted molar refractivity (Wildman–Crippen MR) is 169 cm³/mol. The van der Waals surface area contributed by atoms with Crippen LogP contribution in [0.15, 0.2) is 101 Å². The SMILES string of the molecule is CC1=NC(C)=C(C(=O)OCCC(c2ccccc2)c2ccccc2)C(c2cccc(Cl)c2)C1C(=O)N1CCCCCC1. The van der Waals surface area contributed by atoms with E-state index in [9.17, 15) is 9.59 Å². The van der Waals surface area contributed by atoms with Gasteiger partial charge in [-0.3, -0.25) is 9.79 Å². The topological polar surface area (TPSA) is 59.0 Å². The molecule has 2 aliphatic heterocycles. The van der Waals surface area contributed by atoms with Gasteiger partial charge >= 0.3 is 5.97 Å². The maximum absolute atomic E-state index is 14.1. The molecule has 0 bridgehead atoms. The van der Waals surface area contributed by atoms with Crippen molar-refractivity contribution in [2.45, 2.75) is 57.8 Å². The zero-order valence-electron chi connectivity index (χ0n) is 24.5.